The first-order valence-electron chi connectivity index (χ1n) is 17.4. The number of carbonyl (C=O) groups excluding carboxylic acids is 2. The summed E-state index contributed by atoms with van der Waals surface area (Å²) in [4.78, 5) is 38.0. The number of aromatic nitrogens is 2. The van der Waals surface area contributed by atoms with Gasteiger partial charge in [0.2, 0.25) is 11.7 Å². The molecule has 52 heavy (non-hydrogen) atoms. The van der Waals surface area contributed by atoms with Crippen LogP contribution in [-0.2, 0) is 9.53 Å². The van der Waals surface area contributed by atoms with Gasteiger partial charge in [0, 0.05) is 43.0 Å². The summed E-state index contributed by atoms with van der Waals surface area (Å²) in [5, 5.41) is 3.87. The van der Waals surface area contributed by atoms with E-state index in [-0.39, 0.29) is 67.1 Å². The average Bonchev–Trinajstić information content (AvgIpc) is 3.22. The minimum Gasteiger partial charge on any atom is -0.481 e. The summed E-state index contributed by atoms with van der Waals surface area (Å²) in [5.41, 5.74) is -0.211. The van der Waals surface area contributed by atoms with Crippen molar-refractivity contribution in [1.29, 1.82) is 0 Å². The Labute approximate surface area is 301 Å². The summed E-state index contributed by atoms with van der Waals surface area (Å²) in [6.07, 6.45) is 6.53. The molecule has 1 amide bonds. The molecule has 12 nitrogen and oxygen atoms in total. The van der Waals surface area contributed by atoms with Gasteiger partial charge < -0.3 is 33.9 Å². The number of rotatable bonds is 9. The first-order chi connectivity index (χ1) is 24.9. The van der Waals surface area contributed by atoms with Gasteiger partial charge in [0.15, 0.2) is 11.9 Å². The lowest BCUT2D eigenvalue weighted by atomic mass is 9.95. The molecule has 0 saturated carbocycles. The molecule has 0 radical (unpaired) electrons. The van der Waals surface area contributed by atoms with Crippen LogP contribution >= 0.6 is 0 Å². The Kier molecular flexibility index (Phi) is 10.7. The van der Waals surface area contributed by atoms with Crippen molar-refractivity contribution in [2.75, 3.05) is 44.8 Å². The normalized spacial score (nSPS) is 23.1. The number of nitrogens with one attached hydrogen (secondary N) is 1. The van der Waals surface area contributed by atoms with Gasteiger partial charge in [0.25, 0.3) is 5.88 Å². The van der Waals surface area contributed by atoms with Gasteiger partial charge in [-0.05, 0) is 76.7 Å². The number of benzene rings is 2. The van der Waals surface area contributed by atoms with Gasteiger partial charge in [-0.1, -0.05) is 18.6 Å². The van der Waals surface area contributed by atoms with Crippen molar-refractivity contribution in [3.05, 3.63) is 53.9 Å². The van der Waals surface area contributed by atoms with E-state index >= 15 is 4.39 Å². The average molecular weight is 720 g/mol. The second-order valence-corrected chi connectivity index (χ2v) is 13.9. The quantitative estimate of drug-likeness (QED) is 0.128. The Morgan fingerprint density at radius 3 is 2.77 bits per heavy atom. The monoisotopic (exact) mass is 719 g/mol. The zero-order valence-corrected chi connectivity index (χ0v) is 29.7. The highest BCUT2D eigenvalue weighted by molar-refractivity contribution is 5.93. The van der Waals surface area contributed by atoms with Gasteiger partial charge in [-0.15, -0.1) is 6.42 Å². The highest BCUT2D eigenvalue weighted by Gasteiger charge is 2.41. The Bertz CT molecular complexity index is 1900. The Hall–Kier alpha value is -5.16. The molecule has 2 fully saturated rings. The molecule has 6 rings (SSSR count). The summed E-state index contributed by atoms with van der Waals surface area (Å²) in [5.74, 6) is 2.40. The maximum absolute atomic E-state index is 15.1. The van der Waals surface area contributed by atoms with Gasteiger partial charge in [0.1, 0.15) is 31.0 Å². The number of halogens is 2. The molecule has 0 aliphatic carbocycles. The number of ether oxygens (including phenoxy) is 5. The van der Waals surface area contributed by atoms with Crippen LogP contribution in [0, 0.1) is 18.2 Å². The van der Waals surface area contributed by atoms with E-state index < -0.39 is 35.9 Å². The molecule has 3 aliphatic heterocycles. The van der Waals surface area contributed by atoms with Crippen LogP contribution in [0.5, 0.6) is 23.4 Å². The molecule has 1 aromatic heterocycles. The largest absolute Gasteiger partial charge is 0.514 e. The van der Waals surface area contributed by atoms with Crippen molar-refractivity contribution < 1.29 is 42.1 Å². The SMILES string of the molecule is C#Cc1c(F)ccc2cc(OC(=O)OC(C)C)cc(C3COc4c(nc(OC[C@]5(C)C[C@@H](F)CN5C)nc4N4CCCCC(NC(=O)C=C)C4)O3)c12. The highest BCUT2D eigenvalue weighted by atomic mass is 19.1. The van der Waals surface area contributed by atoms with E-state index in [2.05, 4.69) is 22.8 Å². The first-order valence-corrected chi connectivity index (χ1v) is 17.4. The fraction of sp³-hybridized carbons (Fsp3) is 0.474. The number of carbonyl (C=O) groups is 2. The molecule has 0 spiro atoms. The van der Waals surface area contributed by atoms with Crippen LogP contribution in [0.25, 0.3) is 10.8 Å². The zero-order chi connectivity index (χ0) is 37.2. The standard InChI is InChI=1S/C38H43F2N5O7/c1-7-27-29(40)13-12-23-15-26(51-37(47)50-22(3)4)16-28(32(23)27)30-20-48-33-34(45-14-10-9-11-25(19-45)41-31(46)8-2)42-36(43-35(33)52-30)49-21-38(5)17-24(39)18-44(38)6/h1,8,12-13,15-16,22,24-25,30H,2,9-11,14,17-21H2,3-6H3,(H,41,46)/t24-,25?,30?,38+/m1/s1. The lowest BCUT2D eigenvalue weighted by molar-refractivity contribution is -0.117. The topological polar surface area (TPSA) is 125 Å². The van der Waals surface area contributed by atoms with Crippen molar-refractivity contribution in [1.82, 2.24) is 20.2 Å². The zero-order valence-electron chi connectivity index (χ0n) is 29.7. The number of hydrogen-bond acceptors (Lipinski definition) is 11. The van der Waals surface area contributed by atoms with Gasteiger partial charge in [-0.25, -0.2) is 13.6 Å². The van der Waals surface area contributed by atoms with Crippen LogP contribution in [0.1, 0.15) is 63.7 Å². The van der Waals surface area contributed by atoms with Crippen molar-refractivity contribution >= 4 is 28.7 Å². The van der Waals surface area contributed by atoms with Crippen LogP contribution in [0.3, 0.4) is 0 Å². The minimum absolute atomic E-state index is 0.00266. The molecule has 1 N–H and O–H groups in total. The van der Waals surface area contributed by atoms with Gasteiger partial charge >= 0.3 is 12.2 Å². The Balaban J connectivity index is 1.40. The van der Waals surface area contributed by atoms with Crippen molar-refractivity contribution in [3.63, 3.8) is 0 Å². The Morgan fingerprint density at radius 2 is 2.06 bits per heavy atom. The number of fused-ring (bicyclic) bond motifs is 2. The second kappa shape index (κ2) is 15.2. The number of nitrogens with zero attached hydrogens (tertiary/aromatic N) is 4. The van der Waals surface area contributed by atoms with E-state index in [1.165, 1.54) is 24.3 Å². The number of alkyl halides is 1. The molecule has 4 heterocycles. The fourth-order valence-corrected chi connectivity index (χ4v) is 6.89. The molecule has 276 valence electrons. The predicted octanol–water partition coefficient (Wildman–Crippen LogP) is 5.66. The van der Waals surface area contributed by atoms with Crippen molar-refractivity contribution in [2.24, 2.45) is 0 Å². The number of amides is 1. The van der Waals surface area contributed by atoms with Crippen LogP contribution in [0.2, 0.25) is 0 Å². The summed E-state index contributed by atoms with van der Waals surface area (Å²) in [7, 11) is 1.84. The van der Waals surface area contributed by atoms with E-state index in [1.54, 1.807) is 19.9 Å². The molecule has 2 aromatic carbocycles. The molecule has 3 aromatic rings. The van der Waals surface area contributed by atoms with E-state index in [0.29, 0.717) is 35.2 Å². The second-order valence-electron chi connectivity index (χ2n) is 13.9. The Morgan fingerprint density at radius 1 is 1.25 bits per heavy atom. The number of likely N-dealkylation sites (N-methyl/N-ethyl adjacent to an activating group) is 1. The summed E-state index contributed by atoms with van der Waals surface area (Å²) < 4.78 is 59.3. The van der Waals surface area contributed by atoms with Crippen LogP contribution < -0.4 is 29.2 Å². The smallest absolute Gasteiger partial charge is 0.481 e. The third-order valence-corrected chi connectivity index (χ3v) is 9.59. The lowest BCUT2D eigenvalue weighted by Gasteiger charge is -2.33. The minimum atomic E-state index is -0.990. The van der Waals surface area contributed by atoms with Crippen molar-refractivity contribution in [3.8, 4) is 35.7 Å². The molecular formula is C38H43F2N5O7. The maximum atomic E-state index is 15.1. The highest BCUT2D eigenvalue weighted by Crippen LogP contribution is 2.45. The third-order valence-electron chi connectivity index (χ3n) is 9.59. The summed E-state index contributed by atoms with van der Waals surface area (Å²) in [6, 6.07) is 5.67. The predicted molar refractivity (Wildman–Crippen MR) is 189 cm³/mol. The lowest BCUT2D eigenvalue weighted by Crippen LogP contribution is -2.44. The van der Waals surface area contributed by atoms with Gasteiger partial charge in [0.05, 0.1) is 17.2 Å². The van der Waals surface area contributed by atoms with E-state index in [0.717, 1.165) is 19.3 Å². The van der Waals surface area contributed by atoms with Crippen LogP contribution in [0.15, 0.2) is 36.9 Å². The van der Waals surface area contributed by atoms with E-state index in [1.807, 2.05) is 23.8 Å². The summed E-state index contributed by atoms with van der Waals surface area (Å²) >= 11 is 0. The molecule has 0 bridgehead atoms. The van der Waals surface area contributed by atoms with E-state index in [4.69, 9.17) is 35.1 Å². The number of terminal acetylenes is 1. The van der Waals surface area contributed by atoms with Crippen LogP contribution in [0.4, 0.5) is 19.4 Å². The van der Waals surface area contributed by atoms with Crippen LogP contribution in [-0.4, -0.2) is 90.7 Å². The van der Waals surface area contributed by atoms with Crippen molar-refractivity contribution in [2.45, 2.75) is 76.4 Å². The summed E-state index contributed by atoms with van der Waals surface area (Å²) in [6.45, 7) is 10.2. The molecular weight excluding hydrogens is 676 g/mol. The first kappa shape index (κ1) is 36.6. The fourth-order valence-electron chi connectivity index (χ4n) is 6.89. The third kappa shape index (κ3) is 7.84. The van der Waals surface area contributed by atoms with Gasteiger partial charge in [-0.3, -0.25) is 9.69 Å². The van der Waals surface area contributed by atoms with Gasteiger partial charge in [-0.2, -0.15) is 9.97 Å². The van der Waals surface area contributed by atoms with E-state index in [9.17, 15) is 14.0 Å². The molecule has 3 aliphatic rings. The molecule has 2 unspecified atom stereocenters. The molecule has 4 atom stereocenters. The molecule has 2 saturated heterocycles. The maximum Gasteiger partial charge on any atom is 0.514 e. The molecule has 14 heteroatoms. The number of anilines is 1. The number of likely N-dealkylation sites (tertiary alicyclic amines) is 1. The number of hydrogen-bond donors (Lipinski definition) is 1.